The van der Waals surface area contributed by atoms with Crippen molar-refractivity contribution in [2.45, 2.75) is 44.9 Å². The summed E-state index contributed by atoms with van der Waals surface area (Å²) in [6.07, 6.45) is 5.50. The van der Waals surface area contributed by atoms with Crippen LogP contribution in [0.15, 0.2) is 53.3 Å². The molecule has 1 aromatic heterocycles. The monoisotopic (exact) mass is 470 g/mol. The molecule has 0 radical (unpaired) electrons. The lowest BCUT2D eigenvalue weighted by Gasteiger charge is -2.44. The highest BCUT2D eigenvalue weighted by atomic mass is 19.1. The first-order valence-electron chi connectivity index (χ1n) is 10.9. The van der Waals surface area contributed by atoms with Gasteiger partial charge < -0.3 is 9.52 Å². The van der Waals surface area contributed by atoms with Gasteiger partial charge in [-0.3, -0.25) is 4.90 Å². The van der Waals surface area contributed by atoms with E-state index in [9.17, 15) is 9.18 Å². The van der Waals surface area contributed by atoms with Gasteiger partial charge in [0, 0.05) is 29.8 Å². The van der Waals surface area contributed by atoms with Crippen LogP contribution in [0.4, 0.5) is 13.2 Å². The second kappa shape index (κ2) is 9.10. The second-order valence-corrected chi connectivity index (χ2v) is 9.17. The molecule has 34 heavy (non-hydrogen) atoms. The molecule has 0 saturated heterocycles. The summed E-state index contributed by atoms with van der Waals surface area (Å²) < 4.78 is 50.9. The number of hydrogen-bond donors (Lipinski definition) is 1. The van der Waals surface area contributed by atoms with E-state index in [1.54, 1.807) is 17.0 Å². The molecule has 2 atom stereocenters. The maximum atomic E-state index is 15.4. The maximum Gasteiger partial charge on any atom is 0.328 e. The summed E-state index contributed by atoms with van der Waals surface area (Å²) >= 11 is 0. The lowest BCUT2D eigenvalue weighted by atomic mass is 9.83. The van der Waals surface area contributed by atoms with Gasteiger partial charge in [0.2, 0.25) is 5.89 Å². The highest BCUT2D eigenvalue weighted by molar-refractivity contribution is 5.85. The molecule has 8 heteroatoms. The van der Waals surface area contributed by atoms with E-state index in [2.05, 4.69) is 4.98 Å². The van der Waals surface area contributed by atoms with Gasteiger partial charge in [0.25, 0.3) is 0 Å². The summed E-state index contributed by atoms with van der Waals surface area (Å²) in [5, 5.41) is 8.82. The van der Waals surface area contributed by atoms with Gasteiger partial charge in [-0.25, -0.2) is 22.9 Å². The lowest BCUT2D eigenvalue weighted by Crippen LogP contribution is -2.48. The molecule has 2 heterocycles. The maximum absolute atomic E-state index is 15.4. The van der Waals surface area contributed by atoms with E-state index in [0.717, 1.165) is 35.4 Å². The lowest BCUT2D eigenvalue weighted by molar-refractivity contribution is -0.131. The topological polar surface area (TPSA) is 66.6 Å². The molecule has 5 nitrogen and oxygen atoms in total. The SMILES string of the molecule is C[C@@H]1Cc2cc(-c3ncco3)ccc2[C@@H](c2c(F)cc(/C=C/C(=O)O)cc2F)N1CC(C)(C)F. The third-order valence-corrected chi connectivity index (χ3v) is 5.88. The fourth-order valence-corrected chi connectivity index (χ4v) is 4.55. The first kappa shape index (κ1) is 23.8. The van der Waals surface area contributed by atoms with Crippen LogP contribution in [0.2, 0.25) is 0 Å². The minimum absolute atomic E-state index is 0.0285. The highest BCUT2D eigenvalue weighted by Crippen LogP contribution is 2.42. The van der Waals surface area contributed by atoms with Crippen molar-refractivity contribution in [3.8, 4) is 11.5 Å². The molecule has 1 aliphatic rings. The number of alkyl halides is 1. The van der Waals surface area contributed by atoms with Crippen LogP contribution in [-0.4, -0.2) is 39.2 Å². The predicted octanol–water partition coefficient (Wildman–Crippen LogP) is 5.80. The number of nitrogens with zero attached hydrogens (tertiary/aromatic N) is 2. The van der Waals surface area contributed by atoms with E-state index >= 15 is 8.78 Å². The number of carboxylic acids is 1. The molecule has 4 rings (SSSR count). The Kier molecular flexibility index (Phi) is 6.36. The number of benzene rings is 2. The molecule has 1 N–H and O–H groups in total. The molecular weight excluding hydrogens is 445 g/mol. The van der Waals surface area contributed by atoms with Crippen molar-refractivity contribution in [3.63, 3.8) is 0 Å². The average molecular weight is 470 g/mol. The summed E-state index contributed by atoms with van der Waals surface area (Å²) in [7, 11) is 0. The molecule has 1 aliphatic heterocycles. The van der Waals surface area contributed by atoms with Gasteiger partial charge in [0.15, 0.2) is 0 Å². The van der Waals surface area contributed by atoms with Crippen molar-refractivity contribution in [2.24, 2.45) is 0 Å². The van der Waals surface area contributed by atoms with Gasteiger partial charge in [-0.05, 0) is 74.2 Å². The molecule has 0 unspecified atom stereocenters. The fraction of sp³-hybridized carbons (Fsp3) is 0.308. The van der Waals surface area contributed by atoms with Crippen molar-refractivity contribution >= 4 is 12.0 Å². The summed E-state index contributed by atoms with van der Waals surface area (Å²) in [4.78, 5) is 16.7. The van der Waals surface area contributed by atoms with Crippen LogP contribution >= 0.6 is 0 Å². The van der Waals surface area contributed by atoms with Gasteiger partial charge >= 0.3 is 5.97 Å². The van der Waals surface area contributed by atoms with Crippen LogP contribution in [0, 0.1) is 11.6 Å². The second-order valence-electron chi connectivity index (χ2n) is 9.17. The first-order chi connectivity index (χ1) is 16.0. The number of oxazole rings is 1. The molecule has 178 valence electrons. The Labute approximate surface area is 195 Å². The predicted molar refractivity (Wildman–Crippen MR) is 122 cm³/mol. The Morgan fingerprint density at radius 1 is 1.26 bits per heavy atom. The Morgan fingerprint density at radius 3 is 2.56 bits per heavy atom. The largest absolute Gasteiger partial charge is 0.478 e. The quantitative estimate of drug-likeness (QED) is 0.461. The normalized spacial score (nSPS) is 18.9. The number of rotatable bonds is 6. The minimum atomic E-state index is -1.60. The molecule has 0 spiro atoms. The Balaban J connectivity index is 1.86. The van der Waals surface area contributed by atoms with E-state index in [4.69, 9.17) is 9.52 Å². The Bertz CT molecular complexity index is 1210. The van der Waals surface area contributed by atoms with Crippen molar-refractivity contribution in [1.82, 2.24) is 9.88 Å². The molecule has 0 amide bonds. The molecule has 0 fully saturated rings. The van der Waals surface area contributed by atoms with Crippen LogP contribution in [0.3, 0.4) is 0 Å². The number of hydrogen-bond acceptors (Lipinski definition) is 4. The number of halogens is 3. The van der Waals surface area contributed by atoms with E-state index < -0.39 is 29.3 Å². The minimum Gasteiger partial charge on any atom is -0.478 e. The first-order valence-corrected chi connectivity index (χ1v) is 10.9. The van der Waals surface area contributed by atoms with Crippen molar-refractivity contribution in [2.75, 3.05) is 6.54 Å². The average Bonchev–Trinajstić information content (AvgIpc) is 3.27. The van der Waals surface area contributed by atoms with Crippen LogP contribution in [0.25, 0.3) is 17.5 Å². The number of carbonyl (C=O) groups is 1. The summed E-state index contributed by atoms with van der Waals surface area (Å²) in [6.45, 7) is 4.74. The van der Waals surface area contributed by atoms with Crippen LogP contribution in [-0.2, 0) is 11.2 Å². The van der Waals surface area contributed by atoms with E-state index in [0.29, 0.717) is 17.9 Å². The van der Waals surface area contributed by atoms with Crippen LogP contribution in [0.1, 0.15) is 49.1 Å². The fourth-order valence-electron chi connectivity index (χ4n) is 4.55. The Hall–Kier alpha value is -3.39. The van der Waals surface area contributed by atoms with Gasteiger partial charge in [-0.15, -0.1) is 0 Å². The van der Waals surface area contributed by atoms with E-state index in [1.807, 2.05) is 13.0 Å². The zero-order valence-corrected chi connectivity index (χ0v) is 19.1. The van der Waals surface area contributed by atoms with Crippen LogP contribution < -0.4 is 0 Å². The molecule has 0 bridgehead atoms. The third kappa shape index (κ3) is 4.92. The highest BCUT2D eigenvalue weighted by Gasteiger charge is 2.39. The van der Waals surface area contributed by atoms with E-state index in [1.165, 1.54) is 26.3 Å². The zero-order valence-electron chi connectivity index (χ0n) is 19.1. The number of aromatic nitrogens is 1. The number of fused-ring (bicyclic) bond motifs is 1. The van der Waals surface area contributed by atoms with Crippen molar-refractivity contribution in [1.29, 1.82) is 0 Å². The Morgan fingerprint density at radius 2 is 1.97 bits per heavy atom. The van der Waals surface area contributed by atoms with Crippen molar-refractivity contribution < 1.29 is 27.5 Å². The van der Waals surface area contributed by atoms with Gasteiger partial charge in [-0.2, -0.15) is 0 Å². The number of carboxylic acid groups (broad SMARTS) is 1. The van der Waals surface area contributed by atoms with Gasteiger partial charge in [0.05, 0.1) is 12.2 Å². The molecule has 2 aromatic carbocycles. The van der Waals surface area contributed by atoms with Gasteiger partial charge in [-0.1, -0.05) is 6.07 Å². The molecule has 0 saturated carbocycles. The summed E-state index contributed by atoms with van der Waals surface area (Å²) in [5.41, 5.74) is 0.567. The smallest absolute Gasteiger partial charge is 0.328 e. The molecular formula is C26H25F3N2O3. The summed E-state index contributed by atoms with van der Waals surface area (Å²) in [5.74, 6) is -2.44. The molecule has 3 aromatic rings. The third-order valence-electron chi connectivity index (χ3n) is 5.88. The van der Waals surface area contributed by atoms with Crippen molar-refractivity contribution in [3.05, 3.63) is 82.8 Å². The number of aliphatic carboxylic acids is 1. The van der Waals surface area contributed by atoms with E-state index in [-0.39, 0.29) is 23.7 Å². The molecule has 0 aliphatic carbocycles. The zero-order chi connectivity index (χ0) is 24.6. The van der Waals surface area contributed by atoms with Crippen LogP contribution in [0.5, 0.6) is 0 Å². The van der Waals surface area contributed by atoms with Gasteiger partial charge in [0.1, 0.15) is 23.6 Å². The standard InChI is InChI=1S/C26H25F3N2O3/c1-15-10-18-13-17(25-30-8-9-34-25)5-6-19(18)24(31(15)14-26(2,3)29)23-20(27)11-16(12-21(23)28)4-7-22(32)33/h4-9,11-13,15,24H,10,14H2,1-3H3,(H,32,33)/b7-4+/t15-,24+/m1/s1. The summed E-state index contributed by atoms with van der Waals surface area (Å²) in [6, 6.07) is 6.55.